The maximum Gasteiger partial charge on any atom is 0.128 e. The zero-order valence-corrected chi connectivity index (χ0v) is 10.0. The monoisotopic (exact) mass is 219 g/mol. The summed E-state index contributed by atoms with van der Waals surface area (Å²) in [6, 6.07) is 2.31. The van der Waals surface area contributed by atoms with Crippen LogP contribution in [0.4, 0.5) is 0 Å². The standard InChI is InChI=1S/C13H21N3/c1-10(14)6-7-13-15-9-8-12(16-13)11-4-2-3-5-11/h8-11H,2-7,14H2,1H3. The van der Waals surface area contributed by atoms with E-state index in [4.69, 9.17) is 5.73 Å². The lowest BCUT2D eigenvalue weighted by Crippen LogP contribution is -2.16. The Labute approximate surface area is 97.5 Å². The molecule has 88 valence electrons. The zero-order valence-electron chi connectivity index (χ0n) is 10.0. The number of aromatic nitrogens is 2. The molecule has 1 heterocycles. The van der Waals surface area contributed by atoms with Crippen LogP contribution in [-0.4, -0.2) is 16.0 Å². The van der Waals surface area contributed by atoms with Crippen LogP contribution in [0.1, 0.15) is 56.5 Å². The van der Waals surface area contributed by atoms with Crippen molar-refractivity contribution in [3.05, 3.63) is 23.8 Å². The molecule has 0 bridgehead atoms. The molecule has 0 saturated heterocycles. The summed E-state index contributed by atoms with van der Waals surface area (Å²) in [5, 5.41) is 0. The Hall–Kier alpha value is -0.960. The van der Waals surface area contributed by atoms with Crippen molar-refractivity contribution in [2.24, 2.45) is 5.73 Å². The molecule has 0 spiro atoms. The predicted octanol–water partition coefficient (Wildman–Crippen LogP) is 2.41. The Kier molecular flexibility index (Phi) is 3.88. The maximum atomic E-state index is 5.74. The van der Waals surface area contributed by atoms with E-state index >= 15 is 0 Å². The molecule has 1 atom stereocenters. The van der Waals surface area contributed by atoms with Crippen LogP contribution >= 0.6 is 0 Å². The van der Waals surface area contributed by atoms with E-state index in [-0.39, 0.29) is 6.04 Å². The minimum atomic E-state index is 0.235. The van der Waals surface area contributed by atoms with Crippen molar-refractivity contribution < 1.29 is 0 Å². The second kappa shape index (κ2) is 5.39. The molecule has 1 aliphatic carbocycles. The van der Waals surface area contributed by atoms with Gasteiger partial charge in [-0.25, -0.2) is 9.97 Å². The van der Waals surface area contributed by atoms with E-state index in [1.165, 1.54) is 31.4 Å². The quantitative estimate of drug-likeness (QED) is 0.846. The zero-order chi connectivity index (χ0) is 11.4. The van der Waals surface area contributed by atoms with Gasteiger partial charge < -0.3 is 5.73 Å². The Balaban J connectivity index is 2.01. The van der Waals surface area contributed by atoms with Crippen molar-refractivity contribution in [2.45, 2.75) is 57.4 Å². The summed E-state index contributed by atoms with van der Waals surface area (Å²) in [6.45, 7) is 2.03. The van der Waals surface area contributed by atoms with Crippen molar-refractivity contribution in [1.82, 2.24) is 9.97 Å². The molecule has 1 fully saturated rings. The third kappa shape index (κ3) is 3.01. The smallest absolute Gasteiger partial charge is 0.128 e. The summed E-state index contributed by atoms with van der Waals surface area (Å²) in [7, 11) is 0. The van der Waals surface area contributed by atoms with Gasteiger partial charge in [-0.15, -0.1) is 0 Å². The van der Waals surface area contributed by atoms with Gasteiger partial charge in [0.15, 0.2) is 0 Å². The predicted molar refractivity (Wildman–Crippen MR) is 65.2 cm³/mol. The Bertz CT molecular complexity index is 330. The first-order chi connectivity index (χ1) is 7.75. The van der Waals surface area contributed by atoms with Gasteiger partial charge in [-0.2, -0.15) is 0 Å². The van der Waals surface area contributed by atoms with Crippen molar-refractivity contribution in [1.29, 1.82) is 0 Å². The number of rotatable bonds is 4. The third-order valence-electron chi connectivity index (χ3n) is 3.32. The van der Waals surface area contributed by atoms with Gasteiger partial charge in [-0.3, -0.25) is 0 Å². The number of aryl methyl sites for hydroxylation is 1. The van der Waals surface area contributed by atoms with Crippen LogP contribution in [0.2, 0.25) is 0 Å². The molecule has 1 aromatic heterocycles. The fourth-order valence-electron chi connectivity index (χ4n) is 2.34. The maximum absolute atomic E-state index is 5.74. The largest absolute Gasteiger partial charge is 0.328 e. The van der Waals surface area contributed by atoms with Gasteiger partial charge in [0.05, 0.1) is 0 Å². The Morgan fingerprint density at radius 1 is 1.44 bits per heavy atom. The average Bonchev–Trinajstić information content (AvgIpc) is 2.80. The summed E-state index contributed by atoms with van der Waals surface area (Å²) in [6.07, 6.45) is 9.06. The van der Waals surface area contributed by atoms with Gasteiger partial charge in [-0.05, 0) is 32.3 Å². The van der Waals surface area contributed by atoms with E-state index in [1.807, 2.05) is 13.1 Å². The molecule has 1 aromatic rings. The number of nitrogens with two attached hydrogens (primary N) is 1. The van der Waals surface area contributed by atoms with Gasteiger partial charge in [0.25, 0.3) is 0 Å². The highest BCUT2D eigenvalue weighted by atomic mass is 14.9. The second-order valence-electron chi connectivity index (χ2n) is 4.90. The van der Waals surface area contributed by atoms with Crippen LogP contribution in [0.3, 0.4) is 0 Å². The molecule has 0 aromatic carbocycles. The summed E-state index contributed by atoms with van der Waals surface area (Å²) < 4.78 is 0. The molecule has 1 saturated carbocycles. The lowest BCUT2D eigenvalue weighted by atomic mass is 10.0. The van der Waals surface area contributed by atoms with E-state index in [0.29, 0.717) is 5.92 Å². The first kappa shape index (κ1) is 11.5. The van der Waals surface area contributed by atoms with Gasteiger partial charge >= 0.3 is 0 Å². The normalized spacial score (nSPS) is 18.9. The van der Waals surface area contributed by atoms with E-state index in [1.54, 1.807) is 0 Å². The highest BCUT2D eigenvalue weighted by Crippen LogP contribution is 2.32. The number of nitrogens with zero attached hydrogens (tertiary/aromatic N) is 2. The summed E-state index contributed by atoms with van der Waals surface area (Å²) in [5.41, 5.74) is 6.99. The Morgan fingerprint density at radius 2 is 2.19 bits per heavy atom. The van der Waals surface area contributed by atoms with Crippen LogP contribution in [0.15, 0.2) is 12.3 Å². The van der Waals surface area contributed by atoms with Crippen LogP contribution in [0.25, 0.3) is 0 Å². The molecule has 2 rings (SSSR count). The molecule has 0 radical (unpaired) electrons. The van der Waals surface area contributed by atoms with Crippen molar-refractivity contribution in [3.63, 3.8) is 0 Å². The van der Waals surface area contributed by atoms with Gasteiger partial charge in [-0.1, -0.05) is 12.8 Å². The lowest BCUT2D eigenvalue weighted by Gasteiger charge is -2.10. The first-order valence-electron chi connectivity index (χ1n) is 6.33. The molecule has 0 amide bonds. The molecule has 1 aliphatic rings. The van der Waals surface area contributed by atoms with Crippen molar-refractivity contribution in [2.75, 3.05) is 0 Å². The molecule has 2 N–H and O–H groups in total. The lowest BCUT2D eigenvalue weighted by molar-refractivity contribution is 0.633. The average molecular weight is 219 g/mol. The van der Waals surface area contributed by atoms with E-state index in [2.05, 4.69) is 16.0 Å². The highest BCUT2D eigenvalue weighted by Gasteiger charge is 2.18. The molecule has 0 aliphatic heterocycles. The number of hydrogen-bond donors (Lipinski definition) is 1. The molecule has 1 unspecified atom stereocenters. The topological polar surface area (TPSA) is 51.8 Å². The van der Waals surface area contributed by atoms with Crippen molar-refractivity contribution >= 4 is 0 Å². The molecule has 3 nitrogen and oxygen atoms in total. The van der Waals surface area contributed by atoms with E-state index in [9.17, 15) is 0 Å². The van der Waals surface area contributed by atoms with Crippen LogP contribution in [-0.2, 0) is 6.42 Å². The summed E-state index contributed by atoms with van der Waals surface area (Å²) in [5.74, 6) is 1.64. The molecule has 3 heteroatoms. The van der Waals surface area contributed by atoms with Crippen LogP contribution < -0.4 is 5.73 Å². The third-order valence-corrected chi connectivity index (χ3v) is 3.32. The summed E-state index contributed by atoms with van der Waals surface area (Å²) >= 11 is 0. The Morgan fingerprint density at radius 3 is 2.88 bits per heavy atom. The summed E-state index contributed by atoms with van der Waals surface area (Å²) in [4.78, 5) is 8.98. The van der Waals surface area contributed by atoms with E-state index < -0.39 is 0 Å². The molecular weight excluding hydrogens is 198 g/mol. The van der Waals surface area contributed by atoms with Gasteiger partial charge in [0.2, 0.25) is 0 Å². The van der Waals surface area contributed by atoms with Gasteiger partial charge in [0, 0.05) is 30.3 Å². The number of hydrogen-bond acceptors (Lipinski definition) is 3. The van der Waals surface area contributed by atoms with Crippen molar-refractivity contribution in [3.8, 4) is 0 Å². The SMILES string of the molecule is CC(N)CCc1nccc(C2CCCC2)n1. The fraction of sp³-hybridized carbons (Fsp3) is 0.692. The first-order valence-corrected chi connectivity index (χ1v) is 6.33. The van der Waals surface area contributed by atoms with Crippen LogP contribution in [0, 0.1) is 0 Å². The minimum Gasteiger partial charge on any atom is -0.328 e. The van der Waals surface area contributed by atoms with Gasteiger partial charge in [0.1, 0.15) is 5.82 Å². The molecule has 16 heavy (non-hydrogen) atoms. The highest BCUT2D eigenvalue weighted by molar-refractivity contribution is 5.10. The van der Waals surface area contributed by atoms with E-state index in [0.717, 1.165) is 18.7 Å². The minimum absolute atomic E-state index is 0.235. The molecular formula is C13H21N3. The fourth-order valence-corrected chi connectivity index (χ4v) is 2.34. The van der Waals surface area contributed by atoms with Crippen LogP contribution in [0.5, 0.6) is 0 Å². The second-order valence-corrected chi connectivity index (χ2v) is 4.90.